The Hall–Kier alpha value is -2.31. The molecular formula is C17H27FN4O2. The van der Waals surface area contributed by atoms with Crippen LogP contribution in [-0.2, 0) is 11.3 Å². The van der Waals surface area contributed by atoms with Crippen LogP contribution in [0.25, 0.3) is 0 Å². The van der Waals surface area contributed by atoms with Gasteiger partial charge >= 0.3 is 0 Å². The number of aliphatic imine (C=N–C) groups is 1. The molecule has 0 aliphatic rings. The Labute approximate surface area is 143 Å². The van der Waals surface area contributed by atoms with Gasteiger partial charge in [-0.25, -0.2) is 4.39 Å². The molecule has 24 heavy (non-hydrogen) atoms. The van der Waals surface area contributed by atoms with E-state index in [1.54, 1.807) is 13.1 Å². The number of guanidine groups is 1. The maximum absolute atomic E-state index is 13.7. The molecule has 0 aromatic heterocycles. The topological polar surface area (TPSA) is 66.0 Å². The van der Waals surface area contributed by atoms with E-state index in [0.717, 1.165) is 5.56 Å². The quantitative estimate of drug-likeness (QED) is 0.450. The minimum Gasteiger partial charge on any atom is -0.494 e. The number of nitrogens with zero attached hydrogens (tertiary/aromatic N) is 2. The number of carbonyl (C=O) groups excluding carboxylic acids is 1. The summed E-state index contributed by atoms with van der Waals surface area (Å²) in [7, 11) is 4.98. The number of rotatable bonds is 7. The molecule has 0 spiro atoms. The minimum atomic E-state index is -0.386. The van der Waals surface area contributed by atoms with Crippen molar-refractivity contribution in [1.29, 1.82) is 0 Å². The van der Waals surface area contributed by atoms with Crippen molar-refractivity contribution in [2.75, 3.05) is 34.3 Å². The van der Waals surface area contributed by atoms with E-state index in [0.29, 0.717) is 25.6 Å². The van der Waals surface area contributed by atoms with Crippen molar-refractivity contribution in [3.05, 3.63) is 29.6 Å². The summed E-state index contributed by atoms with van der Waals surface area (Å²) >= 11 is 0. The summed E-state index contributed by atoms with van der Waals surface area (Å²) in [6, 6.07) is 4.87. The largest absolute Gasteiger partial charge is 0.494 e. The SMILES string of the molecule is CN=C(NCCNC(=O)C(C)C)N(C)Cc1ccc(OC)c(F)c1. The molecule has 0 radical (unpaired) electrons. The Bertz CT molecular complexity index is 576. The number of hydrogen-bond acceptors (Lipinski definition) is 3. The number of nitrogens with one attached hydrogen (secondary N) is 2. The van der Waals surface area contributed by atoms with Gasteiger partial charge in [-0.15, -0.1) is 0 Å². The van der Waals surface area contributed by atoms with Crippen LogP contribution < -0.4 is 15.4 Å². The standard InChI is InChI=1S/C17H27FN4O2/c1-12(2)16(23)20-8-9-21-17(19-3)22(4)11-13-6-7-15(24-5)14(18)10-13/h6-7,10,12H,8-9,11H2,1-5H3,(H,19,21)(H,20,23). The Kier molecular flexibility index (Phi) is 8.01. The summed E-state index contributed by atoms with van der Waals surface area (Å²) in [4.78, 5) is 17.6. The van der Waals surface area contributed by atoms with Crippen LogP contribution >= 0.6 is 0 Å². The highest BCUT2D eigenvalue weighted by molar-refractivity contribution is 5.80. The van der Waals surface area contributed by atoms with E-state index in [4.69, 9.17) is 4.74 Å². The van der Waals surface area contributed by atoms with E-state index >= 15 is 0 Å². The molecular weight excluding hydrogens is 311 g/mol. The van der Waals surface area contributed by atoms with Gasteiger partial charge < -0.3 is 20.3 Å². The first-order valence-electron chi connectivity index (χ1n) is 7.91. The molecule has 7 heteroatoms. The number of ether oxygens (including phenoxy) is 1. The molecule has 0 saturated heterocycles. The molecule has 1 rings (SSSR count). The second-order valence-corrected chi connectivity index (χ2v) is 5.74. The van der Waals surface area contributed by atoms with Crippen LogP contribution in [0.4, 0.5) is 4.39 Å². The summed E-state index contributed by atoms with van der Waals surface area (Å²) in [6.07, 6.45) is 0. The highest BCUT2D eigenvalue weighted by Crippen LogP contribution is 2.18. The molecule has 0 unspecified atom stereocenters. The zero-order valence-electron chi connectivity index (χ0n) is 15.0. The zero-order valence-corrected chi connectivity index (χ0v) is 15.0. The first kappa shape index (κ1) is 19.7. The molecule has 0 saturated carbocycles. The molecule has 0 heterocycles. The lowest BCUT2D eigenvalue weighted by Crippen LogP contribution is -2.42. The Balaban J connectivity index is 2.50. The lowest BCUT2D eigenvalue weighted by Gasteiger charge is -2.22. The molecule has 0 fully saturated rings. The van der Waals surface area contributed by atoms with Crippen LogP contribution in [0.3, 0.4) is 0 Å². The van der Waals surface area contributed by atoms with Gasteiger partial charge in [0.15, 0.2) is 17.5 Å². The van der Waals surface area contributed by atoms with Crippen LogP contribution in [0.15, 0.2) is 23.2 Å². The molecule has 1 amide bonds. The molecule has 1 aromatic rings. The average Bonchev–Trinajstić information content (AvgIpc) is 2.54. The Morgan fingerprint density at radius 1 is 1.33 bits per heavy atom. The fraction of sp³-hybridized carbons (Fsp3) is 0.529. The predicted octanol–water partition coefficient (Wildman–Crippen LogP) is 1.61. The highest BCUT2D eigenvalue weighted by Gasteiger charge is 2.10. The van der Waals surface area contributed by atoms with Crippen molar-refractivity contribution in [3.8, 4) is 5.75 Å². The Morgan fingerprint density at radius 2 is 2.00 bits per heavy atom. The second-order valence-electron chi connectivity index (χ2n) is 5.74. The lowest BCUT2D eigenvalue weighted by atomic mass is 10.2. The average molecular weight is 338 g/mol. The van der Waals surface area contributed by atoms with Gasteiger partial charge in [0.1, 0.15) is 0 Å². The molecule has 0 aliphatic carbocycles. The number of amides is 1. The zero-order chi connectivity index (χ0) is 18.1. The molecule has 0 bridgehead atoms. The third-order valence-electron chi connectivity index (χ3n) is 3.44. The van der Waals surface area contributed by atoms with E-state index in [-0.39, 0.29) is 23.4 Å². The van der Waals surface area contributed by atoms with Gasteiger partial charge in [0.2, 0.25) is 5.91 Å². The van der Waals surface area contributed by atoms with Crippen LogP contribution in [-0.4, -0.2) is 51.1 Å². The van der Waals surface area contributed by atoms with Gasteiger partial charge in [-0.2, -0.15) is 0 Å². The van der Waals surface area contributed by atoms with E-state index in [1.807, 2.05) is 31.9 Å². The fourth-order valence-corrected chi connectivity index (χ4v) is 2.11. The van der Waals surface area contributed by atoms with Crippen LogP contribution in [0.5, 0.6) is 5.75 Å². The van der Waals surface area contributed by atoms with Crippen molar-refractivity contribution in [2.45, 2.75) is 20.4 Å². The molecule has 0 atom stereocenters. The van der Waals surface area contributed by atoms with E-state index in [1.165, 1.54) is 13.2 Å². The van der Waals surface area contributed by atoms with Crippen molar-refractivity contribution in [3.63, 3.8) is 0 Å². The number of halogens is 1. The molecule has 2 N–H and O–H groups in total. The summed E-state index contributed by atoms with van der Waals surface area (Å²) < 4.78 is 18.7. The maximum atomic E-state index is 13.7. The van der Waals surface area contributed by atoms with Gasteiger partial charge in [-0.05, 0) is 17.7 Å². The highest BCUT2D eigenvalue weighted by atomic mass is 19.1. The lowest BCUT2D eigenvalue weighted by molar-refractivity contribution is -0.123. The summed E-state index contributed by atoms with van der Waals surface area (Å²) in [6.45, 7) is 5.28. The Morgan fingerprint density at radius 3 is 2.54 bits per heavy atom. The second kappa shape index (κ2) is 9.75. The van der Waals surface area contributed by atoms with E-state index in [2.05, 4.69) is 15.6 Å². The van der Waals surface area contributed by atoms with Gasteiger partial charge in [0, 0.05) is 39.6 Å². The van der Waals surface area contributed by atoms with Gasteiger partial charge in [0.05, 0.1) is 7.11 Å². The summed E-state index contributed by atoms with van der Waals surface area (Å²) in [5.74, 6) is 0.503. The summed E-state index contributed by atoms with van der Waals surface area (Å²) in [5.41, 5.74) is 0.812. The third-order valence-corrected chi connectivity index (χ3v) is 3.44. The minimum absolute atomic E-state index is 0.0221. The first-order valence-corrected chi connectivity index (χ1v) is 7.91. The number of benzene rings is 1. The summed E-state index contributed by atoms with van der Waals surface area (Å²) in [5, 5.41) is 6.00. The van der Waals surface area contributed by atoms with Crippen molar-refractivity contribution in [1.82, 2.24) is 15.5 Å². The van der Waals surface area contributed by atoms with Crippen molar-refractivity contribution >= 4 is 11.9 Å². The number of carbonyl (C=O) groups is 1. The van der Waals surface area contributed by atoms with Crippen molar-refractivity contribution < 1.29 is 13.9 Å². The number of hydrogen-bond donors (Lipinski definition) is 2. The van der Waals surface area contributed by atoms with Gasteiger partial charge in [-0.3, -0.25) is 9.79 Å². The monoisotopic (exact) mass is 338 g/mol. The molecule has 6 nitrogen and oxygen atoms in total. The normalized spacial score (nSPS) is 11.4. The number of methoxy groups -OCH3 is 1. The molecule has 0 aliphatic heterocycles. The van der Waals surface area contributed by atoms with Crippen LogP contribution in [0, 0.1) is 11.7 Å². The maximum Gasteiger partial charge on any atom is 0.222 e. The molecule has 134 valence electrons. The fourth-order valence-electron chi connectivity index (χ4n) is 2.11. The van der Waals surface area contributed by atoms with E-state index in [9.17, 15) is 9.18 Å². The first-order chi connectivity index (χ1) is 11.4. The van der Waals surface area contributed by atoms with Crippen molar-refractivity contribution in [2.24, 2.45) is 10.9 Å². The van der Waals surface area contributed by atoms with Crippen LogP contribution in [0.2, 0.25) is 0 Å². The van der Waals surface area contributed by atoms with Crippen LogP contribution in [0.1, 0.15) is 19.4 Å². The smallest absolute Gasteiger partial charge is 0.222 e. The third kappa shape index (κ3) is 6.06. The predicted molar refractivity (Wildman–Crippen MR) is 93.6 cm³/mol. The molecule has 1 aromatic carbocycles. The van der Waals surface area contributed by atoms with E-state index < -0.39 is 0 Å². The van der Waals surface area contributed by atoms with Gasteiger partial charge in [0.25, 0.3) is 0 Å². The van der Waals surface area contributed by atoms with Gasteiger partial charge in [-0.1, -0.05) is 19.9 Å².